The fourth-order valence-corrected chi connectivity index (χ4v) is 3.69. The molecule has 0 rings (SSSR count). The second-order valence-corrected chi connectivity index (χ2v) is 9.00. The topological polar surface area (TPSA) is 35.0 Å². The molecule has 0 aromatic carbocycles. The number of ether oxygens (including phenoxy) is 1. The maximum absolute atomic E-state index is 11.4. The second-order valence-electron chi connectivity index (χ2n) is 9.00. The fourth-order valence-electron chi connectivity index (χ4n) is 3.69. The van der Waals surface area contributed by atoms with Gasteiger partial charge in [0.05, 0.1) is 6.61 Å². The van der Waals surface area contributed by atoms with E-state index in [0.29, 0.717) is 13.0 Å². The zero-order valence-electron chi connectivity index (χ0n) is 24.6. The van der Waals surface area contributed by atoms with Crippen LogP contribution in [0.1, 0.15) is 136 Å². The van der Waals surface area contributed by atoms with Crippen LogP contribution in [-0.4, -0.2) is 25.2 Å². The molecule has 0 aliphatic rings. The number of carbonyl (C=O) groups excluding carboxylic acids is 1. The van der Waals surface area contributed by atoms with E-state index >= 15 is 0 Å². The Kier molecular flexibility index (Phi) is 45.6. The van der Waals surface area contributed by atoms with Gasteiger partial charge in [0.15, 0.2) is 0 Å². The van der Waals surface area contributed by atoms with Crippen LogP contribution in [0.25, 0.3) is 9.69 Å². The van der Waals surface area contributed by atoms with E-state index in [1.807, 2.05) is 0 Å². The number of hydrogen-bond donors (Lipinski definition) is 0. The van der Waals surface area contributed by atoms with Crippen molar-refractivity contribution in [2.75, 3.05) is 13.2 Å². The van der Waals surface area contributed by atoms with Gasteiger partial charge in [0, 0.05) is 12.8 Å². The zero-order valence-corrected chi connectivity index (χ0v) is 25.4. The van der Waals surface area contributed by atoms with Gasteiger partial charge in [0.25, 0.3) is 0 Å². The van der Waals surface area contributed by atoms with E-state index in [-0.39, 0.29) is 37.2 Å². The predicted molar refractivity (Wildman–Crippen MR) is 151 cm³/mol. The van der Waals surface area contributed by atoms with Crippen LogP contribution in [0, 0.1) is 13.1 Å². The van der Waals surface area contributed by atoms with Crippen molar-refractivity contribution in [2.45, 2.75) is 142 Å². The summed E-state index contributed by atoms with van der Waals surface area (Å²) >= 11 is 0. The Labute approximate surface area is 248 Å². The molecule has 0 fully saturated rings. The Bertz CT molecular complexity index is 597. The molecule has 37 heavy (non-hydrogen) atoms. The van der Waals surface area contributed by atoms with Crippen molar-refractivity contribution in [1.82, 2.24) is 0 Å². The Morgan fingerprint density at radius 3 is 1.54 bits per heavy atom. The van der Waals surface area contributed by atoms with Gasteiger partial charge in [0.1, 0.15) is 0 Å². The Morgan fingerprint density at radius 2 is 1.14 bits per heavy atom. The maximum Gasteiger partial charge on any atom is 1.00 e. The van der Waals surface area contributed by atoms with Gasteiger partial charge in [-0.2, -0.15) is 0 Å². The van der Waals surface area contributed by atoms with Gasteiger partial charge in [-0.3, -0.25) is 0 Å². The molecule has 0 spiro atoms. The number of allylic oxidation sites excluding steroid dienone is 4. The van der Waals surface area contributed by atoms with Crippen molar-refractivity contribution in [3.05, 3.63) is 47.1 Å². The summed E-state index contributed by atoms with van der Waals surface area (Å²) in [7, 11) is 0. The molecule has 0 aromatic rings. The summed E-state index contributed by atoms with van der Waals surface area (Å²) in [6, 6.07) is -0.589. The molecular weight excluding hydrogens is 475 g/mol. The molecule has 0 radical (unpaired) electrons. The fraction of sp³-hybridized carbons (Fsp3) is 0.774. The minimum atomic E-state index is -0.589. The first-order valence-electron chi connectivity index (χ1n) is 14.3. The molecule has 0 aromatic heterocycles. The van der Waals surface area contributed by atoms with Crippen LogP contribution < -0.4 is 31.3 Å². The van der Waals surface area contributed by atoms with E-state index in [0.717, 1.165) is 32.2 Å². The summed E-state index contributed by atoms with van der Waals surface area (Å²) < 4.78 is 4.88. The third-order valence-electron chi connectivity index (χ3n) is 5.76. The molecule has 0 amide bonds. The van der Waals surface area contributed by atoms with Crippen molar-refractivity contribution < 1.29 is 40.8 Å². The van der Waals surface area contributed by atoms with Gasteiger partial charge in [-0.1, -0.05) is 89.5 Å². The zero-order chi connectivity index (χ0) is 26.2. The first-order valence-corrected chi connectivity index (χ1v) is 14.3. The molecule has 0 aliphatic carbocycles. The summed E-state index contributed by atoms with van der Waals surface area (Å²) in [5.74, 6) is -0.356. The Morgan fingerprint density at radius 1 is 0.703 bits per heavy atom. The minimum absolute atomic E-state index is 0. The molecule has 4 nitrogen and oxygen atoms in total. The molecule has 0 aliphatic heterocycles. The molecule has 0 bridgehead atoms. The Balaban J connectivity index is -0.000000289. The van der Waals surface area contributed by atoms with Gasteiger partial charge in [-0.15, -0.1) is 0 Å². The SMILES string of the molecule is [C-]#[N+]C(CCCCCCCC/C=C\CC)C(=O)OCC.[C-]#[N+]CCCCCCCCC/C=C\CC.[Cl-].[Li+]. The first-order chi connectivity index (χ1) is 17.2. The Hall–Kier alpha value is -1.18. The van der Waals surface area contributed by atoms with Crippen LogP contribution in [0.4, 0.5) is 0 Å². The molecule has 0 saturated carbocycles. The molecule has 0 saturated heterocycles. The molecular formula is C31H54ClLiN2O2. The van der Waals surface area contributed by atoms with E-state index < -0.39 is 6.04 Å². The van der Waals surface area contributed by atoms with Crippen molar-refractivity contribution in [1.29, 1.82) is 0 Å². The summed E-state index contributed by atoms with van der Waals surface area (Å²) in [5.41, 5.74) is 0. The van der Waals surface area contributed by atoms with Gasteiger partial charge in [-0.25, -0.2) is 17.9 Å². The van der Waals surface area contributed by atoms with E-state index in [1.165, 1.54) is 83.5 Å². The summed E-state index contributed by atoms with van der Waals surface area (Å²) in [4.78, 5) is 18.1. The summed E-state index contributed by atoms with van der Waals surface area (Å²) in [5, 5.41) is 0. The number of hydrogen-bond acceptors (Lipinski definition) is 2. The third-order valence-corrected chi connectivity index (χ3v) is 5.76. The molecule has 1 unspecified atom stereocenters. The predicted octanol–water partition coefficient (Wildman–Crippen LogP) is 3.93. The minimum Gasteiger partial charge on any atom is -1.00 e. The van der Waals surface area contributed by atoms with Crippen LogP contribution >= 0.6 is 0 Å². The normalized spacial score (nSPS) is 10.9. The molecule has 208 valence electrons. The van der Waals surface area contributed by atoms with Crippen molar-refractivity contribution >= 4 is 5.97 Å². The van der Waals surface area contributed by atoms with Crippen molar-refractivity contribution in [3.8, 4) is 0 Å². The average Bonchev–Trinajstić information content (AvgIpc) is 2.86. The van der Waals surface area contributed by atoms with E-state index in [9.17, 15) is 4.79 Å². The van der Waals surface area contributed by atoms with E-state index in [4.69, 9.17) is 17.9 Å². The number of unbranched alkanes of at least 4 members (excludes halogenated alkanes) is 13. The molecule has 1 atom stereocenters. The standard InChI is InChI=1S/C17H29NO2.C14H25N.ClH.Li/c1-4-6-7-8-9-10-11-12-13-14-15-16(18-3)17(19)20-5-2;1-3-4-5-6-7-8-9-10-11-12-13-14-15-2;;/h6-7,16H,4-5,8-15H2,1-2H3;4-5H,3,6-14H2,1H3;1H;/q;;;+1/p-1/b7-6-;5-4-;;. The monoisotopic (exact) mass is 528 g/mol. The van der Waals surface area contributed by atoms with Gasteiger partial charge in [0.2, 0.25) is 6.54 Å². The average molecular weight is 529 g/mol. The van der Waals surface area contributed by atoms with Crippen molar-refractivity contribution in [3.63, 3.8) is 0 Å². The number of rotatable bonds is 22. The number of nitrogens with zero attached hydrogens (tertiary/aromatic N) is 2. The van der Waals surface area contributed by atoms with Crippen LogP contribution in [0.15, 0.2) is 24.3 Å². The number of halogens is 1. The smallest absolute Gasteiger partial charge is 1.00 e. The summed E-state index contributed by atoms with van der Waals surface area (Å²) in [6.07, 6.45) is 30.6. The molecule has 0 N–H and O–H groups in total. The summed E-state index contributed by atoms with van der Waals surface area (Å²) in [6.45, 7) is 20.9. The molecule has 0 heterocycles. The third kappa shape index (κ3) is 37.0. The van der Waals surface area contributed by atoms with E-state index in [1.54, 1.807) is 6.92 Å². The number of esters is 1. The largest absolute Gasteiger partial charge is 1.00 e. The molecule has 6 heteroatoms. The van der Waals surface area contributed by atoms with Crippen LogP contribution in [0.5, 0.6) is 0 Å². The van der Waals surface area contributed by atoms with Gasteiger partial charge < -0.3 is 26.8 Å². The van der Waals surface area contributed by atoms with Crippen LogP contribution in [0.2, 0.25) is 0 Å². The first kappa shape index (κ1) is 42.9. The van der Waals surface area contributed by atoms with E-state index in [2.05, 4.69) is 47.8 Å². The quantitative estimate of drug-likeness (QED) is 0.0701. The maximum atomic E-state index is 11.4. The van der Waals surface area contributed by atoms with Crippen LogP contribution in [-0.2, 0) is 9.53 Å². The van der Waals surface area contributed by atoms with Crippen molar-refractivity contribution in [2.24, 2.45) is 0 Å². The van der Waals surface area contributed by atoms with Gasteiger partial charge >= 0.3 is 30.9 Å². The van der Waals surface area contributed by atoms with Gasteiger partial charge in [-0.05, 0) is 58.3 Å². The van der Waals surface area contributed by atoms with Crippen LogP contribution in [0.3, 0.4) is 0 Å². The number of carbonyl (C=O) groups is 1. The second kappa shape index (κ2) is 39.3.